The summed E-state index contributed by atoms with van der Waals surface area (Å²) < 4.78 is 48.0. The molecule has 3 heterocycles. The van der Waals surface area contributed by atoms with E-state index in [1.165, 1.54) is 23.8 Å². The van der Waals surface area contributed by atoms with Crippen LogP contribution < -0.4 is 20.7 Å². The number of rotatable bonds is 7. The molecule has 0 radical (unpaired) electrons. The Bertz CT molecular complexity index is 1370. The molecule has 2 saturated heterocycles. The van der Waals surface area contributed by atoms with E-state index in [0.717, 1.165) is 24.0 Å². The van der Waals surface area contributed by atoms with E-state index in [-0.39, 0.29) is 22.8 Å². The number of nitrogen functional groups attached to an aromatic ring is 1. The van der Waals surface area contributed by atoms with Crippen LogP contribution in [0.2, 0.25) is 0 Å². The number of anilines is 2. The average molecular weight is 570 g/mol. The molecule has 2 aliphatic heterocycles. The second-order valence-electron chi connectivity index (χ2n) is 11.3. The average Bonchev–Trinajstić information content (AvgIpc) is 3.35. The van der Waals surface area contributed by atoms with Crippen molar-refractivity contribution < 1.29 is 27.8 Å². The molecular weight excluding hydrogens is 535 g/mol. The normalized spacial score (nSPS) is 19.5. The molecule has 0 amide bonds. The number of halogens is 3. The molecule has 3 aromatic rings. The molecule has 4 N–H and O–H groups in total. The van der Waals surface area contributed by atoms with Crippen molar-refractivity contribution in [3.63, 3.8) is 0 Å². The Hall–Kier alpha value is -3.86. The summed E-state index contributed by atoms with van der Waals surface area (Å²) in [5, 5.41) is 12.4. The summed E-state index contributed by atoms with van der Waals surface area (Å²) in [6.45, 7) is 5.94. The van der Waals surface area contributed by atoms with Gasteiger partial charge in [0.05, 0.1) is 0 Å². The van der Waals surface area contributed by atoms with Gasteiger partial charge in [-0.25, -0.2) is 0 Å². The third kappa shape index (κ3) is 6.40. The second-order valence-corrected chi connectivity index (χ2v) is 11.3. The first-order valence-corrected chi connectivity index (χ1v) is 13.7. The molecule has 2 aromatic carbocycles. The van der Waals surface area contributed by atoms with Crippen LogP contribution in [0.25, 0.3) is 11.1 Å². The van der Waals surface area contributed by atoms with Gasteiger partial charge in [-0.15, -0.1) is 0 Å². The summed E-state index contributed by atoms with van der Waals surface area (Å²) in [7, 11) is 0. The number of nitrogens with two attached hydrogens (primary N) is 1. The predicted molar refractivity (Wildman–Crippen MR) is 150 cm³/mol. The third-order valence-electron chi connectivity index (χ3n) is 8.17. The standard InChI is InChI=1S/C30H34F3N5O3/c1-18(2)19-3-5-20(6-4-19)21-7-9-22(10-8-21)26(30(31,32)33)41-25-15-24(36-28(34)37-25)38-13-11-29(12-14-38)16-23(27(39)40)35-17-29/h3-10,15,18,23,26,35H,11-14,16-17H2,1-2H3,(H,39,40)(H2,34,36,37)/t23?,26-/m1/s1. The number of carboxylic acids is 1. The lowest BCUT2D eigenvalue weighted by Crippen LogP contribution is -2.41. The highest BCUT2D eigenvalue weighted by atomic mass is 19.4. The van der Waals surface area contributed by atoms with Crippen molar-refractivity contribution >= 4 is 17.7 Å². The van der Waals surface area contributed by atoms with E-state index in [4.69, 9.17) is 10.5 Å². The van der Waals surface area contributed by atoms with Gasteiger partial charge in [0, 0.05) is 31.3 Å². The molecule has 2 aliphatic rings. The fourth-order valence-electron chi connectivity index (χ4n) is 5.69. The quantitative estimate of drug-likeness (QED) is 0.339. The van der Waals surface area contributed by atoms with Crippen LogP contribution in [0.5, 0.6) is 5.88 Å². The van der Waals surface area contributed by atoms with Crippen molar-refractivity contribution in [1.82, 2.24) is 15.3 Å². The van der Waals surface area contributed by atoms with Gasteiger partial charge in [-0.3, -0.25) is 4.79 Å². The van der Waals surface area contributed by atoms with Gasteiger partial charge in [-0.05, 0) is 47.3 Å². The SMILES string of the molecule is CC(C)c1ccc(-c2ccc([C@@H](Oc3cc(N4CCC5(CC4)CNC(C(=O)O)C5)nc(N)n3)C(F)(F)F)cc2)cc1. The molecule has 8 nitrogen and oxygen atoms in total. The molecule has 1 aromatic heterocycles. The van der Waals surface area contributed by atoms with Crippen LogP contribution in [0, 0.1) is 5.41 Å². The lowest BCUT2D eigenvalue weighted by Gasteiger charge is -2.39. The highest BCUT2D eigenvalue weighted by Gasteiger charge is 2.45. The summed E-state index contributed by atoms with van der Waals surface area (Å²) in [6, 6.07) is 14.9. The minimum atomic E-state index is -4.70. The first-order valence-electron chi connectivity index (χ1n) is 13.7. The number of alkyl halides is 3. The van der Waals surface area contributed by atoms with E-state index in [1.807, 2.05) is 29.2 Å². The maximum atomic E-state index is 14.2. The van der Waals surface area contributed by atoms with Crippen LogP contribution in [0.15, 0.2) is 54.6 Å². The molecule has 1 spiro atoms. The Labute approximate surface area is 236 Å². The van der Waals surface area contributed by atoms with Crippen LogP contribution >= 0.6 is 0 Å². The Kier molecular flexibility index (Phi) is 7.83. The zero-order valence-corrected chi connectivity index (χ0v) is 23.0. The van der Waals surface area contributed by atoms with E-state index in [0.29, 0.717) is 37.8 Å². The number of benzene rings is 2. The van der Waals surface area contributed by atoms with Crippen LogP contribution in [-0.4, -0.2) is 52.9 Å². The van der Waals surface area contributed by atoms with Gasteiger partial charge in [0.1, 0.15) is 11.9 Å². The number of ether oxygens (including phenoxy) is 1. The van der Waals surface area contributed by atoms with Gasteiger partial charge >= 0.3 is 12.1 Å². The molecule has 0 bridgehead atoms. The summed E-state index contributed by atoms with van der Waals surface area (Å²) >= 11 is 0. The molecule has 2 fully saturated rings. The molecule has 11 heteroatoms. The first kappa shape index (κ1) is 28.7. The lowest BCUT2D eigenvalue weighted by atomic mass is 9.76. The van der Waals surface area contributed by atoms with Gasteiger partial charge in [-0.1, -0.05) is 62.4 Å². The highest BCUT2D eigenvalue weighted by Crippen LogP contribution is 2.41. The van der Waals surface area contributed by atoms with Gasteiger partial charge in [-0.2, -0.15) is 23.1 Å². The van der Waals surface area contributed by atoms with Crippen molar-refractivity contribution in [3.05, 3.63) is 65.7 Å². The largest absolute Gasteiger partial charge is 0.480 e. The lowest BCUT2D eigenvalue weighted by molar-refractivity contribution is -0.198. The number of aliphatic carboxylic acids is 1. The van der Waals surface area contributed by atoms with Gasteiger partial charge in [0.15, 0.2) is 0 Å². The van der Waals surface area contributed by atoms with Crippen molar-refractivity contribution in [1.29, 1.82) is 0 Å². The Morgan fingerprint density at radius 2 is 1.63 bits per heavy atom. The molecule has 218 valence electrons. The number of aromatic nitrogens is 2. The third-order valence-corrected chi connectivity index (χ3v) is 8.17. The van der Waals surface area contributed by atoms with E-state index in [2.05, 4.69) is 29.1 Å². The Balaban J connectivity index is 1.31. The Morgan fingerprint density at radius 1 is 1.05 bits per heavy atom. The first-order chi connectivity index (χ1) is 19.4. The minimum Gasteiger partial charge on any atom is -0.480 e. The topological polar surface area (TPSA) is 114 Å². The smallest absolute Gasteiger partial charge is 0.429 e. The van der Waals surface area contributed by atoms with E-state index >= 15 is 0 Å². The summed E-state index contributed by atoms with van der Waals surface area (Å²) in [6.07, 6.45) is -4.95. The number of carboxylic acid groups (broad SMARTS) is 1. The van der Waals surface area contributed by atoms with Crippen LogP contribution in [0.1, 0.15) is 56.3 Å². The highest BCUT2D eigenvalue weighted by molar-refractivity contribution is 5.74. The van der Waals surface area contributed by atoms with E-state index < -0.39 is 24.3 Å². The number of nitrogens with zero attached hydrogens (tertiary/aromatic N) is 3. The molecule has 2 atom stereocenters. The van der Waals surface area contributed by atoms with Crippen molar-refractivity contribution in [2.45, 2.75) is 57.3 Å². The number of hydrogen-bond acceptors (Lipinski definition) is 7. The van der Waals surface area contributed by atoms with Crippen LogP contribution in [0.4, 0.5) is 24.9 Å². The van der Waals surface area contributed by atoms with Crippen molar-refractivity contribution in [2.24, 2.45) is 5.41 Å². The fraction of sp³-hybridized carbons (Fsp3) is 0.433. The molecule has 0 saturated carbocycles. The zero-order valence-electron chi connectivity index (χ0n) is 23.0. The summed E-state index contributed by atoms with van der Waals surface area (Å²) in [5.41, 5.74) is 8.60. The molecule has 5 rings (SSSR count). The maximum Gasteiger partial charge on any atom is 0.429 e. The number of nitrogens with one attached hydrogen (secondary N) is 1. The summed E-state index contributed by atoms with van der Waals surface area (Å²) in [4.78, 5) is 21.5. The maximum absolute atomic E-state index is 14.2. The van der Waals surface area contributed by atoms with Crippen LogP contribution in [-0.2, 0) is 4.79 Å². The molecule has 0 aliphatic carbocycles. The molecule has 1 unspecified atom stereocenters. The van der Waals surface area contributed by atoms with Gasteiger partial charge in [0.2, 0.25) is 17.9 Å². The molecular formula is C30H34F3N5O3. The zero-order chi connectivity index (χ0) is 29.4. The summed E-state index contributed by atoms with van der Waals surface area (Å²) in [5.74, 6) is -0.549. The monoisotopic (exact) mass is 569 g/mol. The van der Waals surface area contributed by atoms with E-state index in [9.17, 15) is 23.1 Å². The number of piperidine rings is 1. The van der Waals surface area contributed by atoms with Crippen molar-refractivity contribution in [3.8, 4) is 17.0 Å². The number of hydrogen-bond donors (Lipinski definition) is 3. The van der Waals surface area contributed by atoms with Gasteiger partial charge < -0.3 is 25.8 Å². The van der Waals surface area contributed by atoms with Crippen molar-refractivity contribution in [2.75, 3.05) is 30.3 Å². The van der Waals surface area contributed by atoms with Crippen LogP contribution in [0.3, 0.4) is 0 Å². The fourth-order valence-corrected chi connectivity index (χ4v) is 5.69. The molecule has 41 heavy (non-hydrogen) atoms. The second kappa shape index (κ2) is 11.2. The number of carbonyl (C=O) groups is 1. The van der Waals surface area contributed by atoms with Gasteiger partial charge in [0.25, 0.3) is 0 Å². The minimum absolute atomic E-state index is 0.0552. The van der Waals surface area contributed by atoms with E-state index in [1.54, 1.807) is 12.1 Å². The Morgan fingerprint density at radius 3 is 2.15 bits per heavy atom. The predicted octanol–water partition coefficient (Wildman–Crippen LogP) is 5.56.